The van der Waals surface area contributed by atoms with Gasteiger partial charge in [-0.1, -0.05) is 48.5 Å². The normalized spacial score (nSPS) is 16.1. The molecule has 0 aromatic heterocycles. The van der Waals surface area contributed by atoms with E-state index in [1.54, 1.807) is 30.3 Å². The molecule has 2 aromatic rings. The molecule has 7 heteroatoms. The van der Waals surface area contributed by atoms with Crippen LogP contribution in [0, 0.1) is 0 Å². The molecule has 0 bridgehead atoms. The lowest BCUT2D eigenvalue weighted by atomic mass is 10.1. The molecule has 1 aliphatic rings. The number of amides is 1. The van der Waals surface area contributed by atoms with Crippen LogP contribution < -0.4 is 10.2 Å². The van der Waals surface area contributed by atoms with Crippen LogP contribution in [0.3, 0.4) is 0 Å². The van der Waals surface area contributed by atoms with Gasteiger partial charge >= 0.3 is 0 Å². The van der Waals surface area contributed by atoms with Crippen molar-refractivity contribution in [3.8, 4) is 0 Å². The fraction of sp³-hybridized carbons (Fsp3) is 0.350. The van der Waals surface area contributed by atoms with E-state index in [0.29, 0.717) is 44.2 Å². The molecule has 0 unspecified atom stereocenters. The van der Waals surface area contributed by atoms with Crippen LogP contribution in [0.4, 0.5) is 0 Å². The smallest absolute Gasteiger partial charge is 0.275 e. The van der Waals surface area contributed by atoms with Crippen molar-refractivity contribution < 1.29 is 18.1 Å². The van der Waals surface area contributed by atoms with Gasteiger partial charge in [0.15, 0.2) is 6.54 Å². The van der Waals surface area contributed by atoms with Crippen molar-refractivity contribution in [1.82, 2.24) is 9.62 Å². The number of carbonyl (C=O) groups is 1. The molecule has 1 fully saturated rings. The summed E-state index contributed by atoms with van der Waals surface area (Å²) in [6.45, 7) is 3.14. The second kappa shape index (κ2) is 9.12. The lowest BCUT2D eigenvalue weighted by molar-refractivity contribution is -0.895. The van der Waals surface area contributed by atoms with Crippen LogP contribution in [0.1, 0.15) is 5.56 Å². The molecule has 1 aliphatic heterocycles. The Kier molecular flexibility index (Phi) is 6.60. The summed E-state index contributed by atoms with van der Waals surface area (Å²) in [5.74, 6) is 0.0142. The minimum absolute atomic E-state index is 0.0142. The number of nitrogens with one attached hydrogen (secondary N) is 2. The number of carbonyl (C=O) groups excluding carboxylic acids is 1. The quantitative estimate of drug-likeness (QED) is 0.698. The molecule has 0 atom stereocenters. The van der Waals surface area contributed by atoms with Gasteiger partial charge in [-0.15, -0.1) is 0 Å². The van der Waals surface area contributed by atoms with Crippen LogP contribution in [0.5, 0.6) is 0 Å². The molecular formula is C20H26N3O3S+. The highest BCUT2D eigenvalue weighted by Crippen LogP contribution is 2.14. The van der Waals surface area contributed by atoms with E-state index in [4.69, 9.17) is 0 Å². The minimum atomic E-state index is -3.44. The van der Waals surface area contributed by atoms with Crippen molar-refractivity contribution in [2.24, 2.45) is 0 Å². The van der Waals surface area contributed by atoms with Crippen molar-refractivity contribution in [1.29, 1.82) is 0 Å². The maximum absolute atomic E-state index is 12.6. The highest BCUT2D eigenvalue weighted by Gasteiger charge is 2.30. The Labute approximate surface area is 160 Å². The Morgan fingerprint density at radius 1 is 0.963 bits per heavy atom. The van der Waals surface area contributed by atoms with Gasteiger partial charge < -0.3 is 10.2 Å². The van der Waals surface area contributed by atoms with Gasteiger partial charge in [-0.2, -0.15) is 4.31 Å². The summed E-state index contributed by atoms with van der Waals surface area (Å²) < 4.78 is 26.8. The number of rotatable bonds is 7. The third-order valence-corrected chi connectivity index (χ3v) is 6.71. The van der Waals surface area contributed by atoms with E-state index >= 15 is 0 Å². The van der Waals surface area contributed by atoms with Crippen molar-refractivity contribution in [2.45, 2.75) is 11.3 Å². The average Bonchev–Trinajstić information content (AvgIpc) is 2.70. The standard InChI is InChI=1S/C20H25N3O3S/c24-20(21-12-11-18-7-3-1-4-8-18)17-22-13-15-23(16-14-22)27(25,26)19-9-5-2-6-10-19/h1-10H,11-17H2,(H,21,24)/p+1. The van der Waals surface area contributed by atoms with Crippen molar-refractivity contribution >= 4 is 15.9 Å². The van der Waals surface area contributed by atoms with Crippen LogP contribution in [0.15, 0.2) is 65.6 Å². The summed E-state index contributed by atoms with van der Waals surface area (Å²) in [5.41, 5.74) is 1.20. The molecule has 2 aromatic carbocycles. The van der Waals surface area contributed by atoms with E-state index < -0.39 is 10.0 Å². The Morgan fingerprint density at radius 2 is 1.56 bits per heavy atom. The van der Waals surface area contributed by atoms with E-state index in [1.807, 2.05) is 30.3 Å². The molecule has 0 radical (unpaired) electrons. The summed E-state index contributed by atoms with van der Waals surface area (Å²) in [4.78, 5) is 13.6. The molecule has 6 nitrogen and oxygen atoms in total. The zero-order chi connectivity index (χ0) is 19.1. The molecule has 0 aliphatic carbocycles. The van der Waals surface area contributed by atoms with E-state index in [0.717, 1.165) is 11.3 Å². The first-order chi connectivity index (χ1) is 13.1. The van der Waals surface area contributed by atoms with Gasteiger partial charge in [0.2, 0.25) is 10.0 Å². The first kappa shape index (κ1) is 19.5. The molecule has 2 N–H and O–H groups in total. The molecule has 1 heterocycles. The zero-order valence-corrected chi connectivity index (χ0v) is 16.1. The topological polar surface area (TPSA) is 70.9 Å². The van der Waals surface area contributed by atoms with E-state index in [1.165, 1.54) is 9.87 Å². The zero-order valence-electron chi connectivity index (χ0n) is 15.3. The molecule has 1 amide bonds. The fourth-order valence-electron chi connectivity index (χ4n) is 3.24. The number of hydrogen-bond donors (Lipinski definition) is 2. The number of nitrogens with zero attached hydrogens (tertiary/aromatic N) is 1. The van der Waals surface area contributed by atoms with Crippen LogP contribution in [0.2, 0.25) is 0 Å². The minimum Gasteiger partial charge on any atom is -0.351 e. The number of quaternary nitrogens is 1. The fourth-order valence-corrected chi connectivity index (χ4v) is 4.70. The molecule has 3 rings (SSSR count). The van der Waals surface area contributed by atoms with Gasteiger partial charge in [-0.05, 0) is 24.1 Å². The Balaban J connectivity index is 1.42. The SMILES string of the molecule is O=C(C[NH+]1CCN(S(=O)(=O)c2ccccc2)CC1)NCCc1ccccc1. The monoisotopic (exact) mass is 388 g/mol. The molecule has 144 valence electrons. The number of sulfonamides is 1. The second-order valence-corrected chi connectivity index (χ2v) is 8.67. The first-order valence-electron chi connectivity index (χ1n) is 9.25. The summed E-state index contributed by atoms with van der Waals surface area (Å²) >= 11 is 0. The third-order valence-electron chi connectivity index (χ3n) is 4.80. The van der Waals surface area contributed by atoms with Crippen molar-refractivity contribution in [2.75, 3.05) is 39.3 Å². The Morgan fingerprint density at radius 3 is 2.19 bits per heavy atom. The second-order valence-electron chi connectivity index (χ2n) is 6.73. The predicted molar refractivity (Wildman–Crippen MR) is 104 cm³/mol. The van der Waals surface area contributed by atoms with Crippen LogP contribution >= 0.6 is 0 Å². The van der Waals surface area contributed by atoms with Gasteiger partial charge in [0.25, 0.3) is 5.91 Å². The van der Waals surface area contributed by atoms with Gasteiger partial charge in [0.1, 0.15) is 0 Å². The van der Waals surface area contributed by atoms with Gasteiger partial charge in [0, 0.05) is 6.54 Å². The predicted octanol–water partition coefficient (Wildman–Crippen LogP) is -0.0653. The number of piperazine rings is 1. The van der Waals surface area contributed by atoms with Crippen LogP contribution in [-0.4, -0.2) is 57.9 Å². The largest absolute Gasteiger partial charge is 0.351 e. The maximum Gasteiger partial charge on any atom is 0.275 e. The maximum atomic E-state index is 12.6. The van der Waals surface area contributed by atoms with E-state index in [9.17, 15) is 13.2 Å². The highest BCUT2D eigenvalue weighted by molar-refractivity contribution is 7.89. The first-order valence-corrected chi connectivity index (χ1v) is 10.7. The molecular weight excluding hydrogens is 362 g/mol. The van der Waals surface area contributed by atoms with Crippen molar-refractivity contribution in [3.05, 3.63) is 66.2 Å². The highest BCUT2D eigenvalue weighted by atomic mass is 32.2. The van der Waals surface area contributed by atoms with Crippen LogP contribution in [-0.2, 0) is 21.2 Å². The third kappa shape index (κ3) is 5.38. The lowest BCUT2D eigenvalue weighted by Gasteiger charge is -2.31. The number of benzene rings is 2. The van der Waals surface area contributed by atoms with Crippen LogP contribution in [0.25, 0.3) is 0 Å². The summed E-state index contributed by atoms with van der Waals surface area (Å²) in [5, 5.41) is 2.95. The Hall–Kier alpha value is -2.22. The number of hydrogen-bond acceptors (Lipinski definition) is 3. The molecule has 27 heavy (non-hydrogen) atoms. The Bertz CT molecular complexity index is 833. The van der Waals surface area contributed by atoms with Gasteiger partial charge in [-0.3, -0.25) is 4.79 Å². The molecule has 0 spiro atoms. The van der Waals surface area contributed by atoms with Gasteiger partial charge in [-0.25, -0.2) is 8.42 Å². The van der Waals surface area contributed by atoms with E-state index in [-0.39, 0.29) is 5.91 Å². The summed E-state index contributed by atoms with van der Waals surface area (Å²) in [6, 6.07) is 18.6. The lowest BCUT2D eigenvalue weighted by Crippen LogP contribution is -3.15. The van der Waals surface area contributed by atoms with E-state index in [2.05, 4.69) is 5.32 Å². The van der Waals surface area contributed by atoms with Gasteiger partial charge in [0.05, 0.1) is 31.1 Å². The summed E-state index contributed by atoms with van der Waals surface area (Å²) in [7, 11) is -3.44. The average molecular weight is 389 g/mol. The molecule has 0 saturated carbocycles. The molecule has 1 saturated heterocycles. The van der Waals surface area contributed by atoms with Crippen molar-refractivity contribution in [3.63, 3.8) is 0 Å². The summed E-state index contributed by atoms with van der Waals surface area (Å²) in [6.07, 6.45) is 0.811.